The number of hydrogen-bond donors (Lipinski definition) is 1. The van der Waals surface area contributed by atoms with Crippen LogP contribution in [-0.2, 0) is 16.1 Å². The summed E-state index contributed by atoms with van der Waals surface area (Å²) in [5, 5.41) is 14.3. The van der Waals surface area contributed by atoms with Gasteiger partial charge in [0, 0.05) is 48.4 Å². The monoisotopic (exact) mass is 411 g/mol. The molecule has 0 radical (unpaired) electrons. The molecule has 1 aliphatic rings. The second kappa shape index (κ2) is 9.39. The van der Waals surface area contributed by atoms with E-state index in [0.29, 0.717) is 31.8 Å². The van der Waals surface area contributed by atoms with E-state index in [9.17, 15) is 19.7 Å². The highest BCUT2D eigenvalue weighted by molar-refractivity contribution is 5.95. The van der Waals surface area contributed by atoms with Crippen LogP contribution in [0.15, 0.2) is 42.5 Å². The number of carbonyl (C=O) groups is 2. The van der Waals surface area contributed by atoms with Crippen molar-refractivity contribution in [3.63, 3.8) is 0 Å². The van der Waals surface area contributed by atoms with Gasteiger partial charge in [-0.1, -0.05) is 18.2 Å². The maximum absolute atomic E-state index is 12.1. The van der Waals surface area contributed by atoms with Gasteiger partial charge in [-0.3, -0.25) is 19.7 Å². The van der Waals surface area contributed by atoms with Gasteiger partial charge in [0.1, 0.15) is 0 Å². The smallest absolute Gasteiger partial charge is 0.306 e. The van der Waals surface area contributed by atoms with E-state index in [1.165, 1.54) is 6.07 Å². The molecule has 0 aliphatic carbocycles. The normalized spacial score (nSPS) is 14.9. The van der Waals surface area contributed by atoms with Crippen molar-refractivity contribution < 1.29 is 19.2 Å². The predicted octanol–water partition coefficient (Wildman–Crippen LogP) is 3.40. The summed E-state index contributed by atoms with van der Waals surface area (Å²) in [6, 6.07) is 12.3. The molecule has 0 saturated carbocycles. The molecule has 0 spiro atoms. The number of para-hydroxylation sites is 1. The third-order valence-electron chi connectivity index (χ3n) is 5.12. The molecule has 1 aliphatic heterocycles. The van der Waals surface area contributed by atoms with Gasteiger partial charge in [0.25, 0.3) is 11.6 Å². The zero-order valence-corrected chi connectivity index (χ0v) is 17.1. The molecular weight excluding hydrogens is 386 g/mol. The van der Waals surface area contributed by atoms with Crippen LogP contribution in [0.5, 0.6) is 0 Å². The molecule has 1 unspecified atom stereocenters. The van der Waals surface area contributed by atoms with Gasteiger partial charge in [-0.15, -0.1) is 0 Å². The Hall–Kier alpha value is -3.42. The van der Waals surface area contributed by atoms with Gasteiger partial charge in [-0.05, 0) is 37.6 Å². The summed E-state index contributed by atoms with van der Waals surface area (Å²) in [5.41, 5.74) is 2.67. The SMILES string of the molecule is CCNC(=O)c1ccc(CN2CC(CC(=O)OCC)c3ccccc32)c([N+](=O)[O-])c1. The number of carbonyl (C=O) groups excluding carboxylic acids is 2. The Kier molecular flexibility index (Phi) is 6.66. The summed E-state index contributed by atoms with van der Waals surface area (Å²) >= 11 is 0. The standard InChI is InChI=1S/C22H25N3O5/c1-3-23-22(27)15-9-10-16(20(11-15)25(28)29)13-24-14-17(12-21(26)30-4-2)18-7-5-6-8-19(18)24/h5-11,17H,3-4,12-14H2,1-2H3,(H,23,27). The van der Waals surface area contributed by atoms with Crippen LogP contribution in [-0.4, -0.2) is 36.5 Å². The minimum atomic E-state index is -0.462. The van der Waals surface area contributed by atoms with Crippen LogP contribution in [0.3, 0.4) is 0 Å². The highest BCUT2D eigenvalue weighted by Crippen LogP contribution is 2.39. The lowest BCUT2D eigenvalue weighted by Crippen LogP contribution is -2.24. The summed E-state index contributed by atoms with van der Waals surface area (Å²) in [5.74, 6) is -0.626. The Balaban J connectivity index is 1.86. The van der Waals surface area contributed by atoms with Gasteiger partial charge in [0.15, 0.2) is 0 Å². The molecule has 3 rings (SSSR count). The maximum Gasteiger partial charge on any atom is 0.306 e. The Labute approximate surface area is 175 Å². The van der Waals surface area contributed by atoms with Crippen LogP contribution >= 0.6 is 0 Å². The lowest BCUT2D eigenvalue weighted by molar-refractivity contribution is -0.385. The van der Waals surface area contributed by atoms with Crippen LogP contribution in [0.4, 0.5) is 11.4 Å². The fourth-order valence-electron chi connectivity index (χ4n) is 3.81. The zero-order chi connectivity index (χ0) is 21.7. The van der Waals surface area contributed by atoms with E-state index in [1.807, 2.05) is 29.2 Å². The third-order valence-corrected chi connectivity index (χ3v) is 5.12. The van der Waals surface area contributed by atoms with Gasteiger partial charge in [-0.2, -0.15) is 0 Å². The topological polar surface area (TPSA) is 102 Å². The van der Waals surface area contributed by atoms with Crippen molar-refractivity contribution in [3.8, 4) is 0 Å². The molecule has 8 heteroatoms. The molecule has 1 amide bonds. The number of nitro groups is 1. The van der Waals surface area contributed by atoms with Crippen LogP contribution in [0.1, 0.15) is 47.7 Å². The lowest BCUT2D eigenvalue weighted by atomic mass is 9.98. The summed E-state index contributed by atoms with van der Waals surface area (Å²) in [6.45, 7) is 5.21. The first kappa shape index (κ1) is 21.3. The predicted molar refractivity (Wildman–Crippen MR) is 113 cm³/mol. The number of nitro benzene ring substituents is 1. The number of ether oxygens (including phenoxy) is 1. The molecule has 1 heterocycles. The number of esters is 1. The molecule has 0 bridgehead atoms. The largest absolute Gasteiger partial charge is 0.466 e. The van der Waals surface area contributed by atoms with Gasteiger partial charge in [-0.25, -0.2) is 0 Å². The number of nitrogens with one attached hydrogen (secondary N) is 1. The Bertz CT molecular complexity index is 960. The van der Waals surface area contributed by atoms with Gasteiger partial charge in [0.05, 0.1) is 18.0 Å². The summed E-state index contributed by atoms with van der Waals surface area (Å²) in [7, 11) is 0. The van der Waals surface area contributed by atoms with E-state index < -0.39 is 4.92 Å². The van der Waals surface area contributed by atoms with Gasteiger partial charge in [0.2, 0.25) is 0 Å². The number of rotatable bonds is 8. The van der Waals surface area contributed by atoms with Crippen LogP contribution in [0.25, 0.3) is 0 Å². The van der Waals surface area contributed by atoms with Crippen molar-refractivity contribution in [1.82, 2.24) is 5.32 Å². The molecule has 2 aromatic rings. The van der Waals surface area contributed by atoms with Crippen LogP contribution in [0, 0.1) is 10.1 Å². The van der Waals surface area contributed by atoms with Crippen LogP contribution in [0.2, 0.25) is 0 Å². The molecule has 30 heavy (non-hydrogen) atoms. The molecule has 158 valence electrons. The molecule has 0 aromatic heterocycles. The van der Waals surface area contributed by atoms with E-state index in [1.54, 1.807) is 26.0 Å². The van der Waals surface area contributed by atoms with Crippen molar-refractivity contribution >= 4 is 23.3 Å². The molecule has 8 nitrogen and oxygen atoms in total. The van der Waals surface area contributed by atoms with E-state index in [-0.39, 0.29) is 35.5 Å². The van der Waals surface area contributed by atoms with E-state index in [2.05, 4.69) is 5.32 Å². The van der Waals surface area contributed by atoms with E-state index in [4.69, 9.17) is 4.74 Å². The molecule has 0 saturated heterocycles. The third kappa shape index (κ3) is 4.59. The van der Waals surface area contributed by atoms with Crippen molar-refractivity contribution in [2.75, 3.05) is 24.6 Å². The molecular formula is C22H25N3O5. The highest BCUT2D eigenvalue weighted by atomic mass is 16.6. The Morgan fingerprint density at radius 2 is 2.00 bits per heavy atom. The van der Waals surface area contributed by atoms with E-state index in [0.717, 1.165) is 11.3 Å². The summed E-state index contributed by atoms with van der Waals surface area (Å²) in [6.07, 6.45) is 0.263. The molecule has 1 N–H and O–H groups in total. The summed E-state index contributed by atoms with van der Waals surface area (Å²) in [4.78, 5) is 37.3. The average Bonchev–Trinajstić information content (AvgIpc) is 3.06. The second-order valence-corrected chi connectivity index (χ2v) is 7.11. The molecule has 1 atom stereocenters. The number of hydrogen-bond acceptors (Lipinski definition) is 6. The van der Waals surface area contributed by atoms with Crippen molar-refractivity contribution in [2.24, 2.45) is 0 Å². The lowest BCUT2D eigenvalue weighted by Gasteiger charge is -2.20. The van der Waals surface area contributed by atoms with Crippen LogP contribution < -0.4 is 10.2 Å². The number of fused-ring (bicyclic) bond motifs is 1. The fraction of sp³-hybridized carbons (Fsp3) is 0.364. The second-order valence-electron chi connectivity index (χ2n) is 7.11. The van der Waals surface area contributed by atoms with E-state index >= 15 is 0 Å². The fourth-order valence-corrected chi connectivity index (χ4v) is 3.81. The minimum Gasteiger partial charge on any atom is -0.466 e. The average molecular weight is 411 g/mol. The summed E-state index contributed by atoms with van der Waals surface area (Å²) < 4.78 is 5.09. The van der Waals surface area contributed by atoms with Gasteiger partial charge < -0.3 is 15.0 Å². The minimum absolute atomic E-state index is 0.0334. The quantitative estimate of drug-likeness (QED) is 0.406. The van der Waals surface area contributed by atoms with Crippen molar-refractivity contribution in [2.45, 2.75) is 32.7 Å². The highest BCUT2D eigenvalue weighted by Gasteiger charge is 2.31. The first-order valence-electron chi connectivity index (χ1n) is 9.99. The Morgan fingerprint density at radius 3 is 2.70 bits per heavy atom. The first-order valence-corrected chi connectivity index (χ1v) is 9.99. The number of nitrogens with zero attached hydrogens (tertiary/aromatic N) is 2. The number of benzene rings is 2. The van der Waals surface area contributed by atoms with Gasteiger partial charge >= 0.3 is 5.97 Å². The Morgan fingerprint density at radius 1 is 1.23 bits per heavy atom. The molecule has 0 fully saturated rings. The molecule has 2 aromatic carbocycles. The first-order chi connectivity index (χ1) is 14.4. The van der Waals surface area contributed by atoms with Crippen molar-refractivity contribution in [1.29, 1.82) is 0 Å². The number of amides is 1. The maximum atomic E-state index is 12.1. The number of anilines is 1. The van der Waals surface area contributed by atoms with Crippen molar-refractivity contribution in [3.05, 3.63) is 69.3 Å². The zero-order valence-electron chi connectivity index (χ0n) is 17.1.